The molecule has 0 amide bonds. The van der Waals surface area contributed by atoms with E-state index >= 15 is 0 Å². The number of hydrogen-bond acceptors (Lipinski definition) is 4. The monoisotopic (exact) mass is 428 g/mol. The molecule has 154 valence electrons. The molecule has 7 heteroatoms. The van der Waals surface area contributed by atoms with Gasteiger partial charge in [-0.15, -0.1) is 5.75 Å². The minimum atomic E-state index is -4.24. The van der Waals surface area contributed by atoms with Gasteiger partial charge in [-0.1, -0.05) is 64.0 Å². The summed E-state index contributed by atoms with van der Waals surface area (Å²) in [6, 6.07) is 10.2. The average Bonchev–Trinajstić information content (AvgIpc) is 2.65. The molecule has 29 heavy (non-hydrogen) atoms. The Morgan fingerprint density at radius 1 is 0.897 bits per heavy atom. The van der Waals surface area contributed by atoms with Gasteiger partial charge in [-0.05, 0) is 48.7 Å². The number of rotatable bonds is 12. The molecule has 1 N–H and O–H groups in total. The van der Waals surface area contributed by atoms with Crippen LogP contribution in [0.4, 0.5) is 0 Å². The standard InChI is InChI=1S/C22H30O5S.Na/c1-2-3-4-5-6-7-8-9-10-18-11-12-19(23)17-22(18)27-20-13-15-21(16-14-20)28(24,25)26;/h11-17,23H,2-10H2,1H3,(H,24,25,26);/q;+1/p-1. The Hall–Kier alpha value is -1.05. The van der Waals surface area contributed by atoms with E-state index in [1.165, 1.54) is 74.9 Å². The van der Waals surface area contributed by atoms with Gasteiger partial charge in [-0.25, -0.2) is 0 Å². The fourth-order valence-electron chi connectivity index (χ4n) is 3.09. The van der Waals surface area contributed by atoms with Crippen LogP contribution in [0.5, 0.6) is 17.2 Å². The molecule has 0 saturated carbocycles. The smallest absolute Gasteiger partial charge is 0.872 e. The molecule has 2 aromatic carbocycles. The summed E-state index contributed by atoms with van der Waals surface area (Å²) in [6.07, 6.45) is 10.7. The minimum absolute atomic E-state index is 0. The second kappa shape index (κ2) is 13.3. The largest absolute Gasteiger partial charge is 1.00 e. The number of unbranched alkanes of at least 4 members (excludes halogenated alkanes) is 7. The van der Waals surface area contributed by atoms with Crippen molar-refractivity contribution in [2.45, 2.75) is 69.6 Å². The zero-order chi connectivity index (χ0) is 20.4. The second-order valence-electron chi connectivity index (χ2n) is 7.04. The van der Waals surface area contributed by atoms with Gasteiger partial charge >= 0.3 is 29.6 Å². The van der Waals surface area contributed by atoms with Gasteiger partial charge in [-0.3, -0.25) is 4.55 Å². The third-order valence-corrected chi connectivity index (χ3v) is 5.56. The van der Waals surface area contributed by atoms with Gasteiger partial charge in [0.15, 0.2) is 0 Å². The quantitative estimate of drug-likeness (QED) is 0.319. The molecule has 0 unspecified atom stereocenters. The van der Waals surface area contributed by atoms with Crippen molar-refractivity contribution >= 4 is 10.1 Å². The van der Waals surface area contributed by atoms with Gasteiger partial charge in [0.25, 0.3) is 10.1 Å². The molecule has 0 saturated heterocycles. The normalized spacial score (nSPS) is 11.1. The molecular formula is C22H29NaO5S. The van der Waals surface area contributed by atoms with E-state index in [9.17, 15) is 13.5 Å². The first-order chi connectivity index (χ1) is 13.4. The summed E-state index contributed by atoms with van der Waals surface area (Å²) < 4.78 is 37.1. The summed E-state index contributed by atoms with van der Waals surface area (Å²) in [5.41, 5.74) is 0.962. The van der Waals surface area contributed by atoms with Crippen LogP contribution in [0.25, 0.3) is 0 Å². The first-order valence-corrected chi connectivity index (χ1v) is 11.4. The summed E-state index contributed by atoms with van der Waals surface area (Å²) in [7, 11) is -4.24. The third kappa shape index (κ3) is 9.53. The molecule has 0 bridgehead atoms. The fraction of sp³-hybridized carbons (Fsp3) is 0.455. The van der Waals surface area contributed by atoms with Crippen LogP contribution in [-0.2, 0) is 16.5 Å². The van der Waals surface area contributed by atoms with E-state index in [0.29, 0.717) is 11.5 Å². The first-order valence-electron chi connectivity index (χ1n) is 9.95. The molecule has 0 fully saturated rings. The van der Waals surface area contributed by atoms with Crippen LogP contribution < -0.4 is 39.4 Å². The van der Waals surface area contributed by atoms with Crippen molar-refractivity contribution in [2.24, 2.45) is 0 Å². The Balaban J connectivity index is 0.00000420. The molecule has 0 heterocycles. The Morgan fingerprint density at radius 3 is 2.07 bits per heavy atom. The summed E-state index contributed by atoms with van der Waals surface area (Å²) >= 11 is 0. The summed E-state index contributed by atoms with van der Waals surface area (Å²) in [5.74, 6) is 0.773. The number of aryl methyl sites for hydroxylation is 1. The second-order valence-corrected chi connectivity index (χ2v) is 8.46. The van der Waals surface area contributed by atoms with Crippen molar-refractivity contribution in [2.75, 3.05) is 0 Å². The molecule has 0 atom stereocenters. The van der Waals surface area contributed by atoms with E-state index in [-0.39, 0.29) is 40.2 Å². The van der Waals surface area contributed by atoms with Crippen molar-refractivity contribution in [3.63, 3.8) is 0 Å². The van der Waals surface area contributed by atoms with Crippen LogP contribution in [-0.4, -0.2) is 13.0 Å². The molecule has 2 aromatic rings. The zero-order valence-electron chi connectivity index (χ0n) is 17.4. The van der Waals surface area contributed by atoms with E-state index < -0.39 is 10.1 Å². The Morgan fingerprint density at radius 2 is 1.48 bits per heavy atom. The van der Waals surface area contributed by atoms with Gasteiger partial charge in [-0.2, -0.15) is 8.42 Å². The van der Waals surface area contributed by atoms with Gasteiger partial charge < -0.3 is 9.84 Å². The van der Waals surface area contributed by atoms with Crippen LogP contribution in [0.2, 0.25) is 0 Å². The fourth-order valence-corrected chi connectivity index (χ4v) is 3.57. The van der Waals surface area contributed by atoms with Crippen LogP contribution in [0.1, 0.15) is 63.9 Å². The molecule has 5 nitrogen and oxygen atoms in total. The summed E-state index contributed by atoms with van der Waals surface area (Å²) in [5, 5.41) is 11.7. The summed E-state index contributed by atoms with van der Waals surface area (Å²) in [4.78, 5) is -0.198. The van der Waals surface area contributed by atoms with E-state index in [1.807, 2.05) is 0 Å². The Bertz CT molecular complexity index is 835. The molecule has 2 rings (SSSR count). The van der Waals surface area contributed by atoms with Crippen LogP contribution in [0.3, 0.4) is 0 Å². The zero-order valence-corrected chi connectivity index (χ0v) is 20.2. The molecule has 0 spiro atoms. The SMILES string of the molecule is CCCCCCCCCCc1ccc([O-])cc1Oc1ccc(S(=O)(=O)O)cc1.[Na+]. The maximum absolute atomic E-state index is 11.7. The Kier molecular flexibility index (Phi) is 11.9. The van der Waals surface area contributed by atoms with Crippen molar-refractivity contribution in [3.8, 4) is 17.2 Å². The van der Waals surface area contributed by atoms with Crippen molar-refractivity contribution in [1.82, 2.24) is 0 Å². The van der Waals surface area contributed by atoms with E-state index in [0.717, 1.165) is 24.8 Å². The van der Waals surface area contributed by atoms with Gasteiger partial charge in [0.1, 0.15) is 11.5 Å². The van der Waals surface area contributed by atoms with Crippen molar-refractivity contribution < 1.29 is 52.4 Å². The third-order valence-electron chi connectivity index (χ3n) is 4.69. The first kappa shape index (κ1) is 26.0. The molecule has 0 radical (unpaired) electrons. The molecule has 0 aliphatic rings. The maximum Gasteiger partial charge on any atom is 1.00 e. The number of benzene rings is 2. The minimum Gasteiger partial charge on any atom is -0.872 e. The van der Waals surface area contributed by atoms with Crippen LogP contribution in [0.15, 0.2) is 47.4 Å². The molecular weight excluding hydrogens is 399 g/mol. The number of hydrogen-bond donors (Lipinski definition) is 1. The van der Waals surface area contributed by atoms with Crippen LogP contribution >= 0.6 is 0 Å². The average molecular weight is 429 g/mol. The van der Waals surface area contributed by atoms with E-state index in [2.05, 4.69) is 6.92 Å². The van der Waals surface area contributed by atoms with E-state index in [4.69, 9.17) is 9.29 Å². The molecule has 0 aliphatic heterocycles. The van der Waals surface area contributed by atoms with E-state index in [1.54, 1.807) is 6.07 Å². The summed E-state index contributed by atoms with van der Waals surface area (Å²) in [6.45, 7) is 2.22. The molecule has 0 aliphatic carbocycles. The van der Waals surface area contributed by atoms with Gasteiger partial charge in [0, 0.05) is 0 Å². The maximum atomic E-state index is 11.7. The van der Waals surface area contributed by atoms with Gasteiger partial charge in [0.2, 0.25) is 0 Å². The number of ether oxygens (including phenoxy) is 1. The topological polar surface area (TPSA) is 86.7 Å². The van der Waals surface area contributed by atoms with Crippen LogP contribution in [0, 0.1) is 0 Å². The van der Waals surface area contributed by atoms with Gasteiger partial charge in [0.05, 0.1) is 4.90 Å². The van der Waals surface area contributed by atoms with Crippen molar-refractivity contribution in [1.29, 1.82) is 0 Å². The van der Waals surface area contributed by atoms with Crippen molar-refractivity contribution in [3.05, 3.63) is 48.0 Å². The Labute approximate surface area is 196 Å². The predicted molar refractivity (Wildman–Crippen MR) is 109 cm³/mol. The molecule has 0 aromatic heterocycles. The predicted octanol–water partition coefficient (Wildman–Crippen LogP) is 2.49.